The Balaban J connectivity index is 1.65. The van der Waals surface area contributed by atoms with Crippen LogP contribution in [-0.4, -0.2) is 23.1 Å². The first-order valence-electron chi connectivity index (χ1n) is 10.0. The summed E-state index contributed by atoms with van der Waals surface area (Å²) in [6.07, 6.45) is 1.87. The summed E-state index contributed by atoms with van der Waals surface area (Å²) in [6.45, 7) is 4.04. The first-order chi connectivity index (χ1) is 15.0. The molecule has 0 saturated carbocycles. The average Bonchev–Trinajstić information content (AvgIpc) is 3.29. The highest BCUT2D eigenvalue weighted by atomic mass is 16.5. The maximum absolute atomic E-state index is 12.9. The quantitative estimate of drug-likeness (QED) is 0.452. The highest BCUT2D eigenvalue weighted by Gasteiger charge is 2.20. The third-order valence-electron chi connectivity index (χ3n) is 5.42. The van der Waals surface area contributed by atoms with Crippen molar-refractivity contribution in [3.05, 3.63) is 87.3 Å². The molecule has 0 bridgehead atoms. The maximum atomic E-state index is 12.9. The van der Waals surface area contributed by atoms with Gasteiger partial charge in [0.25, 0.3) is 5.56 Å². The number of aromatic nitrogens is 5. The summed E-state index contributed by atoms with van der Waals surface area (Å²) in [7, 11) is 1.63. The summed E-state index contributed by atoms with van der Waals surface area (Å²) in [5.74, 6) is 2.06. The van der Waals surface area contributed by atoms with Crippen molar-refractivity contribution in [2.24, 2.45) is 7.05 Å². The van der Waals surface area contributed by atoms with Crippen LogP contribution in [-0.2, 0) is 13.6 Å². The van der Waals surface area contributed by atoms with E-state index in [1.54, 1.807) is 18.4 Å². The summed E-state index contributed by atoms with van der Waals surface area (Å²) in [4.78, 5) is 30.1. The van der Waals surface area contributed by atoms with Crippen LogP contribution >= 0.6 is 0 Å². The molecule has 8 heteroatoms. The Labute approximate surface area is 177 Å². The number of hydrogen-bond donors (Lipinski definition) is 0. The molecule has 8 nitrogen and oxygen atoms in total. The standard InChI is InChI=1S/C23H21N5O3/c1-4-26-21(29)19-20(25(3)23(26)30)24-22-27(19)14-15(2)28(22)16-10-12-18(13-11-16)31-17-8-6-5-7-9-17/h5-14H,4H2,1-3H3. The summed E-state index contributed by atoms with van der Waals surface area (Å²) < 4.78 is 12.2. The Bertz CT molecular complexity index is 1540. The fourth-order valence-electron chi connectivity index (χ4n) is 3.90. The van der Waals surface area contributed by atoms with Crippen LogP contribution in [0.2, 0.25) is 0 Å². The molecule has 0 amide bonds. The molecule has 5 rings (SSSR count). The highest BCUT2D eigenvalue weighted by molar-refractivity contribution is 5.76. The number of hydrogen-bond acceptors (Lipinski definition) is 4. The lowest BCUT2D eigenvalue weighted by Crippen LogP contribution is -2.38. The van der Waals surface area contributed by atoms with Crippen LogP contribution in [0.15, 0.2) is 70.4 Å². The van der Waals surface area contributed by atoms with Gasteiger partial charge in [0, 0.05) is 31.2 Å². The molecule has 5 aromatic rings. The largest absolute Gasteiger partial charge is 0.457 e. The summed E-state index contributed by atoms with van der Waals surface area (Å²) in [5, 5.41) is 0. The molecule has 0 saturated heterocycles. The molecule has 0 N–H and O–H groups in total. The zero-order chi connectivity index (χ0) is 21.7. The van der Waals surface area contributed by atoms with Gasteiger partial charge in [-0.25, -0.2) is 4.79 Å². The zero-order valence-electron chi connectivity index (χ0n) is 17.4. The molecule has 0 aliphatic heterocycles. The summed E-state index contributed by atoms with van der Waals surface area (Å²) in [5.41, 5.74) is 1.85. The van der Waals surface area contributed by atoms with Gasteiger partial charge in [-0.15, -0.1) is 0 Å². The van der Waals surface area contributed by atoms with Gasteiger partial charge in [-0.05, 0) is 50.2 Å². The number of rotatable bonds is 4. The third-order valence-corrected chi connectivity index (χ3v) is 5.42. The van der Waals surface area contributed by atoms with Crippen LogP contribution in [0.4, 0.5) is 0 Å². The lowest BCUT2D eigenvalue weighted by atomic mass is 10.3. The molecule has 31 heavy (non-hydrogen) atoms. The van der Waals surface area contributed by atoms with Crippen molar-refractivity contribution in [3.63, 3.8) is 0 Å². The second-order valence-corrected chi connectivity index (χ2v) is 7.36. The van der Waals surface area contributed by atoms with Gasteiger partial charge >= 0.3 is 5.69 Å². The fourth-order valence-corrected chi connectivity index (χ4v) is 3.90. The first-order valence-corrected chi connectivity index (χ1v) is 10.0. The van der Waals surface area contributed by atoms with Crippen molar-refractivity contribution in [1.82, 2.24) is 23.1 Å². The van der Waals surface area contributed by atoms with Crippen LogP contribution in [0.5, 0.6) is 11.5 Å². The molecule has 3 heterocycles. The molecule has 0 radical (unpaired) electrons. The van der Waals surface area contributed by atoms with Gasteiger partial charge in [-0.1, -0.05) is 18.2 Å². The van der Waals surface area contributed by atoms with Crippen LogP contribution in [0, 0.1) is 6.92 Å². The van der Waals surface area contributed by atoms with E-state index in [1.807, 2.05) is 72.3 Å². The summed E-state index contributed by atoms with van der Waals surface area (Å²) in [6, 6.07) is 17.2. The molecule has 3 aromatic heterocycles. The van der Waals surface area contributed by atoms with Gasteiger partial charge in [0.1, 0.15) is 11.5 Å². The van der Waals surface area contributed by atoms with Crippen molar-refractivity contribution in [2.75, 3.05) is 0 Å². The Hall–Kier alpha value is -4.07. The normalized spacial score (nSPS) is 11.5. The van der Waals surface area contributed by atoms with E-state index in [9.17, 15) is 9.59 Å². The predicted octanol–water partition coefficient (Wildman–Crippen LogP) is 3.26. The second-order valence-electron chi connectivity index (χ2n) is 7.36. The number of ether oxygens (including phenoxy) is 1. The molecule has 0 atom stereocenters. The molecule has 156 valence electrons. The molecule has 0 aliphatic carbocycles. The van der Waals surface area contributed by atoms with Gasteiger partial charge in [-0.2, -0.15) is 4.98 Å². The SMILES string of the molecule is CCn1c(=O)c2c(nc3n(-c4ccc(Oc5ccccc5)cc4)c(C)cn23)n(C)c1=O. The van der Waals surface area contributed by atoms with E-state index >= 15 is 0 Å². The van der Waals surface area contributed by atoms with Crippen molar-refractivity contribution in [2.45, 2.75) is 20.4 Å². The Morgan fingerprint density at radius 2 is 1.65 bits per heavy atom. The van der Waals surface area contributed by atoms with Gasteiger partial charge < -0.3 is 4.74 Å². The predicted molar refractivity (Wildman–Crippen MR) is 118 cm³/mol. The first kappa shape index (κ1) is 18.9. The highest BCUT2D eigenvalue weighted by Crippen LogP contribution is 2.25. The minimum absolute atomic E-state index is 0.303. The Morgan fingerprint density at radius 3 is 2.32 bits per heavy atom. The molecule has 0 fully saturated rings. The number of aryl methyl sites for hydroxylation is 2. The van der Waals surface area contributed by atoms with Crippen molar-refractivity contribution >= 4 is 16.9 Å². The lowest BCUT2D eigenvalue weighted by molar-refractivity contribution is 0.482. The van der Waals surface area contributed by atoms with Crippen LogP contribution in [0.3, 0.4) is 0 Å². The maximum Gasteiger partial charge on any atom is 0.332 e. The lowest BCUT2D eigenvalue weighted by Gasteiger charge is -2.09. The minimum atomic E-state index is -0.369. The van der Waals surface area contributed by atoms with Gasteiger partial charge in [-0.3, -0.25) is 22.9 Å². The number of imidazole rings is 2. The molecule has 0 spiro atoms. The summed E-state index contributed by atoms with van der Waals surface area (Å²) >= 11 is 0. The molecule has 0 unspecified atom stereocenters. The molecule has 0 aliphatic rings. The van der Waals surface area contributed by atoms with Gasteiger partial charge in [0.2, 0.25) is 5.78 Å². The number of fused-ring (bicyclic) bond motifs is 3. The fraction of sp³-hybridized carbons (Fsp3) is 0.174. The van der Waals surface area contributed by atoms with E-state index in [-0.39, 0.29) is 11.2 Å². The Morgan fingerprint density at radius 1 is 0.968 bits per heavy atom. The molecular weight excluding hydrogens is 394 g/mol. The van der Waals surface area contributed by atoms with Crippen molar-refractivity contribution in [1.29, 1.82) is 0 Å². The zero-order valence-corrected chi connectivity index (χ0v) is 17.4. The van der Waals surface area contributed by atoms with E-state index in [0.717, 1.165) is 22.9 Å². The molecule has 2 aromatic carbocycles. The number of nitrogens with zero attached hydrogens (tertiary/aromatic N) is 5. The van der Waals surface area contributed by atoms with Crippen molar-refractivity contribution < 1.29 is 4.74 Å². The average molecular weight is 415 g/mol. The van der Waals surface area contributed by atoms with E-state index in [0.29, 0.717) is 23.5 Å². The van der Waals surface area contributed by atoms with Crippen LogP contribution in [0.1, 0.15) is 12.6 Å². The van der Waals surface area contributed by atoms with E-state index in [1.165, 1.54) is 9.13 Å². The number of benzene rings is 2. The van der Waals surface area contributed by atoms with Gasteiger partial charge in [0.05, 0.1) is 0 Å². The minimum Gasteiger partial charge on any atom is -0.457 e. The van der Waals surface area contributed by atoms with E-state index in [2.05, 4.69) is 4.98 Å². The van der Waals surface area contributed by atoms with Crippen LogP contribution in [0.25, 0.3) is 22.6 Å². The smallest absolute Gasteiger partial charge is 0.332 e. The van der Waals surface area contributed by atoms with Gasteiger partial charge in [0.15, 0.2) is 11.2 Å². The topological polar surface area (TPSA) is 75.5 Å². The van der Waals surface area contributed by atoms with E-state index < -0.39 is 0 Å². The Kier molecular flexibility index (Phi) is 4.28. The molecular formula is C23H21N5O3. The number of para-hydroxylation sites is 1. The monoisotopic (exact) mass is 415 g/mol. The second kappa shape index (κ2) is 7.02. The third kappa shape index (κ3) is 2.87. The van der Waals surface area contributed by atoms with Crippen molar-refractivity contribution in [3.8, 4) is 17.2 Å². The van der Waals surface area contributed by atoms with Crippen LogP contribution < -0.4 is 16.0 Å². The van der Waals surface area contributed by atoms with E-state index in [4.69, 9.17) is 4.74 Å².